The summed E-state index contributed by atoms with van der Waals surface area (Å²) in [6.07, 6.45) is 14.3. The Kier molecular flexibility index (Phi) is 6.87. The molecule has 43 heavy (non-hydrogen) atoms. The van der Waals surface area contributed by atoms with Gasteiger partial charge in [-0.15, -0.1) is 0 Å². The Morgan fingerprint density at radius 3 is 1.63 bits per heavy atom. The summed E-state index contributed by atoms with van der Waals surface area (Å²) in [5.41, 5.74) is 12.2. The third-order valence-electron chi connectivity index (χ3n) is 10.8. The van der Waals surface area contributed by atoms with Crippen molar-refractivity contribution in [2.45, 2.75) is 50.4 Å². The molecule has 0 spiro atoms. The van der Waals surface area contributed by atoms with Gasteiger partial charge in [-0.2, -0.15) is 0 Å². The van der Waals surface area contributed by atoms with Gasteiger partial charge in [0.2, 0.25) is 0 Å². The molecule has 3 unspecified atom stereocenters. The summed E-state index contributed by atoms with van der Waals surface area (Å²) in [7, 11) is 0. The standard InChI is InChI=1S/C43H40/c1-5-13-32(14-6-1)36-22-24-39-40-25-23-37(33-15-7-2-8-16-33)30-42(40)43(41(39)29-36,38-18-10-3-11-19-38)26-12-4-9-17-34-27-31-20-21-35(34)28-31/h1-3,5-8,10-11,13-16,18-25,29-31,34-35H,4,9,12,17,26-28H2. The van der Waals surface area contributed by atoms with E-state index in [1.807, 2.05) is 0 Å². The van der Waals surface area contributed by atoms with Crippen LogP contribution in [0, 0.1) is 17.8 Å². The van der Waals surface area contributed by atoms with Gasteiger partial charge in [0.05, 0.1) is 0 Å². The van der Waals surface area contributed by atoms with Gasteiger partial charge in [-0.3, -0.25) is 0 Å². The van der Waals surface area contributed by atoms with Crippen molar-refractivity contribution in [2.75, 3.05) is 0 Å². The molecule has 1 saturated carbocycles. The predicted octanol–water partition coefficient (Wildman–Crippen LogP) is 11.5. The van der Waals surface area contributed by atoms with Crippen LogP contribution < -0.4 is 0 Å². The highest BCUT2D eigenvalue weighted by Crippen LogP contribution is 2.56. The van der Waals surface area contributed by atoms with Gasteiger partial charge in [0.1, 0.15) is 0 Å². The monoisotopic (exact) mass is 556 g/mol. The molecule has 2 bridgehead atoms. The van der Waals surface area contributed by atoms with Gasteiger partial charge in [-0.1, -0.05) is 147 Å². The van der Waals surface area contributed by atoms with E-state index in [2.05, 4.69) is 140 Å². The fourth-order valence-corrected chi connectivity index (χ4v) is 8.68. The summed E-state index contributed by atoms with van der Waals surface area (Å²) in [6.45, 7) is 0. The van der Waals surface area contributed by atoms with E-state index >= 15 is 0 Å². The van der Waals surface area contributed by atoms with Crippen LogP contribution in [0.25, 0.3) is 33.4 Å². The molecule has 0 heteroatoms. The van der Waals surface area contributed by atoms with Gasteiger partial charge >= 0.3 is 0 Å². The second-order valence-electron chi connectivity index (χ2n) is 13.2. The first-order valence-corrected chi connectivity index (χ1v) is 16.4. The summed E-state index contributed by atoms with van der Waals surface area (Å²) >= 11 is 0. The lowest BCUT2D eigenvalue weighted by atomic mass is 9.68. The summed E-state index contributed by atoms with van der Waals surface area (Å²) in [5.74, 6) is 2.66. The molecule has 3 atom stereocenters. The third-order valence-corrected chi connectivity index (χ3v) is 10.8. The number of allylic oxidation sites excluding steroid dienone is 2. The molecular formula is C43H40. The minimum Gasteiger partial charge on any atom is -0.0851 e. The quantitative estimate of drug-likeness (QED) is 0.125. The molecule has 3 aliphatic rings. The number of rotatable bonds is 9. The number of hydrogen-bond donors (Lipinski definition) is 0. The Bertz CT molecular complexity index is 1660. The average Bonchev–Trinajstić information content (AvgIpc) is 3.78. The zero-order valence-corrected chi connectivity index (χ0v) is 25.0. The van der Waals surface area contributed by atoms with E-state index < -0.39 is 0 Å². The van der Waals surface area contributed by atoms with E-state index in [9.17, 15) is 0 Å². The van der Waals surface area contributed by atoms with Crippen LogP contribution in [-0.4, -0.2) is 0 Å². The van der Waals surface area contributed by atoms with Gasteiger partial charge in [0.25, 0.3) is 0 Å². The van der Waals surface area contributed by atoms with E-state index in [1.165, 1.54) is 88.6 Å². The Morgan fingerprint density at radius 2 is 1.09 bits per heavy atom. The van der Waals surface area contributed by atoms with E-state index in [0.29, 0.717) is 0 Å². The molecule has 0 N–H and O–H groups in total. The third kappa shape index (κ3) is 4.69. The number of benzene rings is 5. The molecule has 5 aromatic rings. The van der Waals surface area contributed by atoms with Gasteiger partial charge in [0.15, 0.2) is 0 Å². The number of unbranched alkanes of at least 4 members (excludes halogenated alkanes) is 2. The smallest absolute Gasteiger partial charge is 0.0464 e. The van der Waals surface area contributed by atoms with Crippen LogP contribution in [0.4, 0.5) is 0 Å². The van der Waals surface area contributed by atoms with Gasteiger partial charge in [0, 0.05) is 5.41 Å². The van der Waals surface area contributed by atoms with E-state index in [0.717, 1.165) is 24.2 Å². The molecule has 1 fully saturated rings. The van der Waals surface area contributed by atoms with Crippen molar-refractivity contribution in [3.8, 4) is 33.4 Å². The normalized spacial score (nSPS) is 20.7. The Balaban J connectivity index is 1.21. The van der Waals surface area contributed by atoms with Crippen LogP contribution in [0.2, 0.25) is 0 Å². The van der Waals surface area contributed by atoms with E-state index in [-0.39, 0.29) is 5.41 Å². The zero-order chi connectivity index (χ0) is 28.6. The summed E-state index contributed by atoms with van der Waals surface area (Å²) in [4.78, 5) is 0. The molecule has 0 radical (unpaired) electrons. The van der Waals surface area contributed by atoms with Crippen molar-refractivity contribution in [1.82, 2.24) is 0 Å². The molecule has 0 aromatic heterocycles. The van der Waals surface area contributed by atoms with Crippen molar-refractivity contribution < 1.29 is 0 Å². The first kappa shape index (κ1) is 26.5. The molecule has 0 saturated heterocycles. The summed E-state index contributed by atoms with van der Waals surface area (Å²) in [5, 5.41) is 0. The molecule has 3 aliphatic carbocycles. The topological polar surface area (TPSA) is 0 Å². The second kappa shape index (κ2) is 11.2. The van der Waals surface area contributed by atoms with Crippen LogP contribution in [0.15, 0.2) is 140 Å². The highest BCUT2D eigenvalue weighted by Gasteiger charge is 2.44. The maximum absolute atomic E-state index is 2.52. The van der Waals surface area contributed by atoms with Crippen LogP contribution >= 0.6 is 0 Å². The van der Waals surface area contributed by atoms with E-state index in [1.54, 1.807) is 0 Å². The van der Waals surface area contributed by atoms with Gasteiger partial charge < -0.3 is 0 Å². The fourth-order valence-electron chi connectivity index (χ4n) is 8.68. The SMILES string of the molecule is C1=CC2CC1CC2CCCCCC1(c2ccccc2)c2cc(-c3ccccc3)ccc2-c2ccc(-c3ccccc3)cc21. The molecule has 5 aromatic carbocycles. The van der Waals surface area contributed by atoms with Crippen molar-refractivity contribution in [3.63, 3.8) is 0 Å². The minimum absolute atomic E-state index is 0.170. The first-order valence-electron chi connectivity index (χ1n) is 16.4. The first-order chi connectivity index (χ1) is 21.3. The highest BCUT2D eigenvalue weighted by molar-refractivity contribution is 5.88. The summed E-state index contributed by atoms with van der Waals surface area (Å²) in [6, 6.07) is 47.7. The Hall–Kier alpha value is -4.16. The van der Waals surface area contributed by atoms with Crippen molar-refractivity contribution in [1.29, 1.82) is 0 Å². The minimum atomic E-state index is -0.170. The number of fused-ring (bicyclic) bond motifs is 5. The maximum atomic E-state index is 2.52. The lowest BCUT2D eigenvalue weighted by molar-refractivity contribution is 0.390. The zero-order valence-electron chi connectivity index (χ0n) is 25.0. The average molecular weight is 557 g/mol. The highest BCUT2D eigenvalue weighted by atomic mass is 14.5. The van der Waals surface area contributed by atoms with Crippen molar-refractivity contribution in [2.24, 2.45) is 17.8 Å². The molecule has 0 aliphatic heterocycles. The van der Waals surface area contributed by atoms with E-state index in [4.69, 9.17) is 0 Å². The van der Waals surface area contributed by atoms with Crippen LogP contribution in [0.1, 0.15) is 61.6 Å². The van der Waals surface area contributed by atoms with Crippen molar-refractivity contribution >= 4 is 0 Å². The van der Waals surface area contributed by atoms with Crippen molar-refractivity contribution in [3.05, 3.63) is 156 Å². The lowest BCUT2D eigenvalue weighted by Crippen LogP contribution is -2.27. The lowest BCUT2D eigenvalue weighted by Gasteiger charge is -2.34. The maximum Gasteiger partial charge on any atom is 0.0464 e. The Morgan fingerprint density at radius 1 is 0.512 bits per heavy atom. The molecule has 0 nitrogen and oxygen atoms in total. The number of hydrogen-bond acceptors (Lipinski definition) is 0. The predicted molar refractivity (Wildman–Crippen MR) is 181 cm³/mol. The fraction of sp³-hybridized carbons (Fsp3) is 0.256. The van der Waals surface area contributed by atoms with Crippen LogP contribution in [-0.2, 0) is 5.41 Å². The van der Waals surface area contributed by atoms with Crippen LogP contribution in [0.3, 0.4) is 0 Å². The molecule has 0 amide bonds. The molecule has 0 heterocycles. The Labute approximate surface area is 257 Å². The molecular weight excluding hydrogens is 516 g/mol. The van der Waals surface area contributed by atoms with Gasteiger partial charge in [-0.25, -0.2) is 0 Å². The second-order valence-corrected chi connectivity index (χ2v) is 13.2. The largest absolute Gasteiger partial charge is 0.0851 e. The van der Waals surface area contributed by atoms with Gasteiger partial charge in [-0.05, 0) is 106 Å². The van der Waals surface area contributed by atoms with Crippen LogP contribution in [0.5, 0.6) is 0 Å². The summed E-state index contributed by atoms with van der Waals surface area (Å²) < 4.78 is 0. The molecule has 212 valence electrons. The molecule has 8 rings (SSSR count).